The first-order valence-corrected chi connectivity index (χ1v) is 7.30. The molecule has 0 fully saturated rings. The molecule has 0 saturated carbocycles. The molecule has 20 heavy (non-hydrogen) atoms. The van der Waals surface area contributed by atoms with E-state index in [1.807, 2.05) is 0 Å². The zero-order chi connectivity index (χ0) is 15.1. The number of carboxylic acids is 2. The highest BCUT2D eigenvalue weighted by molar-refractivity contribution is 9.10. The van der Waals surface area contributed by atoms with E-state index in [1.165, 1.54) is 0 Å². The van der Waals surface area contributed by atoms with Crippen molar-refractivity contribution in [2.45, 2.75) is 11.7 Å². The van der Waals surface area contributed by atoms with Crippen LogP contribution in [0.4, 0.5) is 5.69 Å². The molecule has 0 aliphatic heterocycles. The molecule has 1 amide bonds. The molecule has 108 valence electrons. The average Bonchev–Trinajstić information content (AvgIpc) is 2.36. The summed E-state index contributed by atoms with van der Waals surface area (Å²) in [6, 6.07) is 6.82. The molecule has 6 nitrogen and oxygen atoms in total. The molecule has 0 radical (unpaired) electrons. The smallest absolute Gasteiger partial charge is 0.234 e. The van der Waals surface area contributed by atoms with Crippen molar-refractivity contribution in [3.05, 3.63) is 28.7 Å². The number of carbonyl (C=O) groups is 3. The molecule has 0 saturated heterocycles. The average molecular weight is 360 g/mol. The van der Waals surface area contributed by atoms with E-state index >= 15 is 0 Å². The molecular formula is C12H10BrNO5S-2. The summed E-state index contributed by atoms with van der Waals surface area (Å²) in [5.74, 6) is -3.65. The van der Waals surface area contributed by atoms with Gasteiger partial charge in [-0.2, -0.15) is 0 Å². The third kappa shape index (κ3) is 6.07. The molecule has 1 N–H and O–H groups in total. The fourth-order valence-corrected chi connectivity index (χ4v) is 2.35. The van der Waals surface area contributed by atoms with Crippen LogP contribution in [0.2, 0.25) is 0 Å². The first-order chi connectivity index (χ1) is 9.38. The predicted octanol–water partition coefficient (Wildman–Crippen LogP) is -0.621. The number of aliphatic carboxylic acids is 2. The second-order valence-corrected chi connectivity index (χ2v) is 5.86. The van der Waals surface area contributed by atoms with Crippen LogP contribution in [0.15, 0.2) is 28.7 Å². The van der Waals surface area contributed by atoms with Gasteiger partial charge >= 0.3 is 0 Å². The first kappa shape index (κ1) is 16.5. The van der Waals surface area contributed by atoms with Crippen LogP contribution in [0.5, 0.6) is 0 Å². The van der Waals surface area contributed by atoms with Crippen LogP contribution in [0.3, 0.4) is 0 Å². The number of rotatable bonds is 7. The topological polar surface area (TPSA) is 109 Å². The Labute approximate surface area is 127 Å². The lowest BCUT2D eigenvalue weighted by Gasteiger charge is -2.17. The minimum Gasteiger partial charge on any atom is -0.550 e. The molecule has 0 heterocycles. The second-order valence-electron chi connectivity index (χ2n) is 3.75. The van der Waals surface area contributed by atoms with Gasteiger partial charge in [0.25, 0.3) is 0 Å². The Hall–Kier alpha value is -1.54. The quantitative estimate of drug-likeness (QED) is 0.694. The number of hydrogen-bond acceptors (Lipinski definition) is 6. The summed E-state index contributed by atoms with van der Waals surface area (Å²) in [6.07, 6.45) is -0.696. The number of hydrogen-bond donors (Lipinski definition) is 1. The van der Waals surface area contributed by atoms with Gasteiger partial charge in [0.05, 0.1) is 17.0 Å². The summed E-state index contributed by atoms with van der Waals surface area (Å²) in [6.45, 7) is 0. The molecule has 8 heteroatoms. The monoisotopic (exact) mass is 359 g/mol. The number of nitrogens with one attached hydrogen (secondary N) is 1. The summed E-state index contributed by atoms with van der Waals surface area (Å²) in [5.41, 5.74) is 0.559. The Balaban J connectivity index is 2.47. The normalized spacial score (nSPS) is 11.7. The van der Waals surface area contributed by atoms with E-state index in [4.69, 9.17) is 0 Å². The van der Waals surface area contributed by atoms with E-state index in [9.17, 15) is 24.6 Å². The van der Waals surface area contributed by atoms with Crippen molar-refractivity contribution >= 4 is 51.2 Å². The lowest BCUT2D eigenvalue weighted by molar-refractivity contribution is -0.314. The van der Waals surface area contributed by atoms with Crippen molar-refractivity contribution in [3.8, 4) is 0 Å². The number of carbonyl (C=O) groups excluding carboxylic acids is 3. The molecule has 1 aromatic rings. The third-order valence-electron chi connectivity index (χ3n) is 2.16. The first-order valence-electron chi connectivity index (χ1n) is 5.46. The van der Waals surface area contributed by atoms with Gasteiger partial charge in [-0.3, -0.25) is 4.79 Å². The Morgan fingerprint density at radius 2 is 1.80 bits per heavy atom. The van der Waals surface area contributed by atoms with Crippen molar-refractivity contribution in [1.29, 1.82) is 0 Å². The maximum Gasteiger partial charge on any atom is 0.234 e. The van der Waals surface area contributed by atoms with Gasteiger partial charge in [0, 0.05) is 22.6 Å². The van der Waals surface area contributed by atoms with Crippen LogP contribution in [-0.4, -0.2) is 28.8 Å². The molecule has 0 bridgehead atoms. The lowest BCUT2D eigenvalue weighted by atomic mass is 10.3. The van der Waals surface area contributed by atoms with Gasteiger partial charge in [-0.1, -0.05) is 15.9 Å². The molecule has 0 aromatic heterocycles. The maximum atomic E-state index is 11.6. The van der Waals surface area contributed by atoms with Crippen LogP contribution in [-0.2, 0) is 14.4 Å². The summed E-state index contributed by atoms with van der Waals surface area (Å²) >= 11 is 3.93. The van der Waals surface area contributed by atoms with Crippen LogP contribution >= 0.6 is 27.7 Å². The number of benzene rings is 1. The third-order valence-corrected chi connectivity index (χ3v) is 3.88. The Kier molecular flexibility index (Phi) is 6.53. The van der Waals surface area contributed by atoms with Gasteiger partial charge in [0.2, 0.25) is 5.91 Å². The maximum absolute atomic E-state index is 11.6. The molecule has 1 atom stereocenters. The van der Waals surface area contributed by atoms with E-state index in [0.717, 1.165) is 4.47 Å². The molecule has 0 aliphatic carbocycles. The largest absolute Gasteiger partial charge is 0.550 e. The molecule has 0 unspecified atom stereocenters. The molecular weight excluding hydrogens is 350 g/mol. The summed E-state index contributed by atoms with van der Waals surface area (Å²) in [4.78, 5) is 32.6. The minimum absolute atomic E-state index is 0.192. The van der Waals surface area contributed by atoms with E-state index in [1.54, 1.807) is 24.3 Å². The highest BCUT2D eigenvalue weighted by Crippen LogP contribution is 2.16. The highest BCUT2D eigenvalue weighted by Gasteiger charge is 2.13. The van der Waals surface area contributed by atoms with Crippen LogP contribution < -0.4 is 15.5 Å². The number of thioether (sulfide) groups is 1. The van der Waals surface area contributed by atoms with Crippen LogP contribution in [0, 0.1) is 0 Å². The zero-order valence-electron chi connectivity index (χ0n) is 10.1. The minimum atomic E-state index is -1.53. The Morgan fingerprint density at radius 1 is 1.20 bits per heavy atom. The van der Waals surface area contributed by atoms with Crippen molar-refractivity contribution in [1.82, 2.24) is 0 Å². The fourth-order valence-electron chi connectivity index (χ4n) is 1.27. The van der Waals surface area contributed by atoms with E-state index in [2.05, 4.69) is 21.2 Å². The summed E-state index contributed by atoms with van der Waals surface area (Å²) < 4.78 is 0.857. The van der Waals surface area contributed by atoms with Crippen molar-refractivity contribution in [2.24, 2.45) is 0 Å². The molecule has 1 rings (SSSR count). The van der Waals surface area contributed by atoms with E-state index < -0.39 is 29.5 Å². The number of carboxylic acid groups (broad SMARTS) is 2. The van der Waals surface area contributed by atoms with E-state index in [0.29, 0.717) is 17.4 Å². The van der Waals surface area contributed by atoms with Crippen molar-refractivity contribution in [2.75, 3.05) is 11.1 Å². The fraction of sp³-hybridized carbons (Fsp3) is 0.250. The van der Waals surface area contributed by atoms with Gasteiger partial charge in [0.15, 0.2) is 0 Å². The SMILES string of the molecule is O=C([O-])C[C@@H](SCC(=O)Nc1ccc(Br)cc1)C(=O)[O-]. The van der Waals surface area contributed by atoms with Gasteiger partial charge in [-0.05, 0) is 24.3 Å². The van der Waals surface area contributed by atoms with Crippen molar-refractivity contribution < 1.29 is 24.6 Å². The lowest BCUT2D eigenvalue weighted by Crippen LogP contribution is -2.39. The van der Waals surface area contributed by atoms with E-state index in [-0.39, 0.29) is 5.75 Å². The van der Waals surface area contributed by atoms with Crippen molar-refractivity contribution in [3.63, 3.8) is 0 Å². The van der Waals surface area contributed by atoms with Gasteiger partial charge in [-0.15, -0.1) is 11.8 Å². The Morgan fingerprint density at radius 3 is 2.30 bits per heavy atom. The number of halogens is 1. The van der Waals surface area contributed by atoms with Gasteiger partial charge in [-0.25, -0.2) is 0 Å². The molecule has 1 aromatic carbocycles. The summed E-state index contributed by atoms with van der Waals surface area (Å²) in [5, 5.41) is 22.3. The Bertz CT molecular complexity index is 505. The zero-order valence-corrected chi connectivity index (χ0v) is 12.5. The highest BCUT2D eigenvalue weighted by atomic mass is 79.9. The predicted molar refractivity (Wildman–Crippen MR) is 73.6 cm³/mol. The molecule has 0 aliphatic rings. The molecule has 0 spiro atoms. The standard InChI is InChI=1S/C12H12BrNO5S/c13-7-1-3-8(4-2-7)14-10(15)6-20-9(12(18)19)5-11(16)17/h1-4,9H,5-6H2,(H,14,15)(H,16,17)(H,18,19)/p-2/t9-/m1/s1. The van der Waals surface area contributed by atoms with Crippen LogP contribution in [0.1, 0.15) is 6.42 Å². The number of anilines is 1. The number of amides is 1. The van der Waals surface area contributed by atoms with Crippen LogP contribution in [0.25, 0.3) is 0 Å². The second kappa shape index (κ2) is 7.91. The van der Waals surface area contributed by atoms with Gasteiger partial charge in [0.1, 0.15) is 0 Å². The van der Waals surface area contributed by atoms with Gasteiger partial charge < -0.3 is 25.1 Å². The summed E-state index contributed by atoms with van der Waals surface area (Å²) in [7, 11) is 0.